The van der Waals surface area contributed by atoms with Crippen molar-refractivity contribution < 1.29 is 14.6 Å². The molecule has 184 valence electrons. The molecule has 8 nitrogen and oxygen atoms in total. The number of ether oxygens (including phenoxy) is 2. The Labute approximate surface area is 204 Å². The van der Waals surface area contributed by atoms with E-state index in [9.17, 15) is 9.90 Å². The van der Waals surface area contributed by atoms with E-state index in [1.807, 2.05) is 43.3 Å². The number of hydrogen-bond donors (Lipinski definition) is 2. The van der Waals surface area contributed by atoms with Crippen LogP contribution in [-0.4, -0.2) is 45.5 Å². The van der Waals surface area contributed by atoms with E-state index in [4.69, 9.17) is 14.6 Å². The van der Waals surface area contributed by atoms with Crippen LogP contribution in [-0.2, 0) is 12.8 Å². The van der Waals surface area contributed by atoms with Crippen LogP contribution in [0.5, 0.6) is 11.5 Å². The van der Waals surface area contributed by atoms with E-state index < -0.39 is 0 Å². The number of benzene rings is 2. The van der Waals surface area contributed by atoms with Gasteiger partial charge in [-0.05, 0) is 55.4 Å². The molecule has 0 saturated carbocycles. The summed E-state index contributed by atoms with van der Waals surface area (Å²) in [6.07, 6.45) is 3.64. The molecule has 0 spiro atoms. The number of imidazole rings is 1. The van der Waals surface area contributed by atoms with Crippen LogP contribution >= 0.6 is 0 Å². The van der Waals surface area contributed by atoms with E-state index in [1.165, 1.54) is 5.56 Å². The topological polar surface area (TPSA) is 102 Å². The lowest BCUT2D eigenvalue weighted by molar-refractivity contribution is 0.271. The summed E-state index contributed by atoms with van der Waals surface area (Å²) in [5, 5.41) is 14.3. The van der Waals surface area contributed by atoms with Crippen molar-refractivity contribution in [2.75, 3.05) is 20.8 Å². The van der Waals surface area contributed by atoms with Crippen LogP contribution in [0.3, 0.4) is 0 Å². The highest BCUT2D eigenvalue weighted by molar-refractivity contribution is 5.50. The summed E-state index contributed by atoms with van der Waals surface area (Å²) in [5.41, 5.74) is 3.12. The zero-order valence-corrected chi connectivity index (χ0v) is 20.5. The lowest BCUT2D eigenvalue weighted by atomic mass is 9.91. The molecule has 2 aromatic carbocycles. The molecule has 0 bridgehead atoms. The largest absolute Gasteiger partial charge is 0.493 e. The van der Waals surface area contributed by atoms with Crippen molar-refractivity contribution >= 4 is 5.52 Å². The minimum Gasteiger partial charge on any atom is -0.493 e. The van der Waals surface area contributed by atoms with Crippen molar-refractivity contribution in [3.63, 3.8) is 0 Å². The Kier molecular flexibility index (Phi) is 7.82. The summed E-state index contributed by atoms with van der Waals surface area (Å²) in [7, 11) is 3.19. The van der Waals surface area contributed by atoms with Crippen molar-refractivity contribution in [2.24, 2.45) is 0 Å². The number of aliphatic hydroxyl groups is 1. The van der Waals surface area contributed by atoms with Crippen molar-refractivity contribution in [3.8, 4) is 11.5 Å². The van der Waals surface area contributed by atoms with Gasteiger partial charge in [0.1, 0.15) is 11.6 Å². The van der Waals surface area contributed by atoms with Crippen molar-refractivity contribution in [1.29, 1.82) is 0 Å². The van der Waals surface area contributed by atoms with E-state index in [0.29, 0.717) is 41.4 Å². The van der Waals surface area contributed by atoms with Crippen LogP contribution < -0.4 is 15.0 Å². The van der Waals surface area contributed by atoms with Gasteiger partial charge in [-0.3, -0.25) is 4.79 Å². The second-order valence-electron chi connectivity index (χ2n) is 8.65. The van der Waals surface area contributed by atoms with Gasteiger partial charge in [0.2, 0.25) is 0 Å². The predicted molar refractivity (Wildman–Crippen MR) is 135 cm³/mol. The van der Waals surface area contributed by atoms with Crippen molar-refractivity contribution in [3.05, 3.63) is 87.4 Å². The Balaban J connectivity index is 1.55. The van der Waals surface area contributed by atoms with E-state index >= 15 is 0 Å². The molecule has 1 unspecified atom stereocenters. The third-order valence-corrected chi connectivity index (χ3v) is 6.31. The molecular weight excluding hydrogens is 444 g/mol. The minimum atomic E-state index is -0.200. The average molecular weight is 477 g/mol. The van der Waals surface area contributed by atoms with Gasteiger partial charge in [-0.15, -0.1) is 0 Å². The van der Waals surface area contributed by atoms with Gasteiger partial charge in [0.05, 0.1) is 19.9 Å². The quantitative estimate of drug-likeness (QED) is 0.341. The number of aliphatic hydroxyl groups excluding tert-OH is 1. The van der Waals surface area contributed by atoms with Gasteiger partial charge in [0, 0.05) is 19.4 Å². The average Bonchev–Trinajstić information content (AvgIpc) is 3.19. The van der Waals surface area contributed by atoms with Crippen molar-refractivity contribution in [1.82, 2.24) is 19.6 Å². The van der Waals surface area contributed by atoms with E-state index in [1.54, 1.807) is 18.7 Å². The summed E-state index contributed by atoms with van der Waals surface area (Å²) >= 11 is 0. The van der Waals surface area contributed by atoms with Crippen LogP contribution in [0.4, 0.5) is 0 Å². The van der Waals surface area contributed by atoms with Gasteiger partial charge in [-0.2, -0.15) is 5.10 Å². The first kappa shape index (κ1) is 24.5. The molecule has 2 aromatic heterocycles. The Morgan fingerprint density at radius 2 is 1.83 bits per heavy atom. The third-order valence-electron chi connectivity index (χ3n) is 6.31. The molecule has 0 aliphatic heterocycles. The molecule has 0 radical (unpaired) electrons. The normalized spacial score (nSPS) is 12.1. The summed E-state index contributed by atoms with van der Waals surface area (Å²) in [5.74, 6) is 2.88. The number of H-pyrrole nitrogens is 1. The third kappa shape index (κ3) is 5.54. The molecule has 2 heterocycles. The lowest BCUT2D eigenvalue weighted by Crippen LogP contribution is -2.18. The molecular formula is C27H32N4O4. The van der Waals surface area contributed by atoms with Crippen LogP contribution in [0.15, 0.2) is 53.3 Å². The predicted octanol–water partition coefficient (Wildman–Crippen LogP) is 3.82. The number of nitrogens with zero attached hydrogens (tertiary/aromatic N) is 3. The Hall–Kier alpha value is -3.65. The smallest absolute Gasteiger partial charge is 0.277 e. The number of aryl methyl sites for hydroxylation is 2. The van der Waals surface area contributed by atoms with Gasteiger partial charge in [0.25, 0.3) is 5.56 Å². The summed E-state index contributed by atoms with van der Waals surface area (Å²) in [4.78, 5) is 20.4. The summed E-state index contributed by atoms with van der Waals surface area (Å²) in [6, 6.07) is 15.9. The fourth-order valence-electron chi connectivity index (χ4n) is 4.57. The van der Waals surface area contributed by atoms with Gasteiger partial charge < -0.3 is 19.6 Å². The minimum absolute atomic E-state index is 0.154. The fraction of sp³-hybridized carbons (Fsp3) is 0.370. The number of methoxy groups -OCH3 is 2. The molecule has 8 heteroatoms. The second kappa shape index (κ2) is 11.2. The first-order chi connectivity index (χ1) is 17.0. The van der Waals surface area contributed by atoms with Crippen LogP contribution in [0.2, 0.25) is 0 Å². The van der Waals surface area contributed by atoms with E-state index in [0.717, 1.165) is 30.7 Å². The second-order valence-corrected chi connectivity index (χ2v) is 8.65. The first-order valence-electron chi connectivity index (χ1n) is 11.9. The van der Waals surface area contributed by atoms with Crippen LogP contribution in [0.25, 0.3) is 5.52 Å². The summed E-state index contributed by atoms with van der Waals surface area (Å²) in [6.45, 7) is 1.99. The van der Waals surface area contributed by atoms with Crippen LogP contribution in [0.1, 0.15) is 53.7 Å². The number of aromatic amines is 1. The van der Waals surface area contributed by atoms with Gasteiger partial charge in [0.15, 0.2) is 17.0 Å². The van der Waals surface area contributed by atoms with E-state index in [2.05, 4.69) is 22.1 Å². The molecule has 2 N–H and O–H groups in total. The molecule has 0 aliphatic rings. The van der Waals surface area contributed by atoms with Gasteiger partial charge >= 0.3 is 0 Å². The highest BCUT2D eigenvalue weighted by Crippen LogP contribution is 2.28. The SMILES string of the molecule is COc1ccc(Cc2nn3c(CCCC(CCO)c4ccccc4)nc(C)c3c(=O)[nH]2)cc1OC. The molecule has 0 saturated heterocycles. The maximum Gasteiger partial charge on any atom is 0.277 e. The zero-order valence-electron chi connectivity index (χ0n) is 20.5. The fourth-order valence-corrected chi connectivity index (χ4v) is 4.57. The Morgan fingerprint density at radius 1 is 1.06 bits per heavy atom. The molecule has 35 heavy (non-hydrogen) atoms. The summed E-state index contributed by atoms with van der Waals surface area (Å²) < 4.78 is 12.4. The Bertz CT molecular complexity index is 1330. The number of aromatic nitrogens is 4. The van der Waals surface area contributed by atoms with Crippen LogP contribution in [0, 0.1) is 6.92 Å². The molecule has 4 rings (SSSR count). The lowest BCUT2D eigenvalue weighted by Gasteiger charge is -2.16. The van der Waals surface area contributed by atoms with Crippen molar-refractivity contribution in [2.45, 2.75) is 44.9 Å². The Morgan fingerprint density at radius 3 is 2.54 bits per heavy atom. The first-order valence-corrected chi connectivity index (χ1v) is 11.9. The molecule has 1 atom stereocenters. The molecule has 4 aromatic rings. The highest BCUT2D eigenvalue weighted by Gasteiger charge is 2.16. The maximum atomic E-state index is 12.9. The molecule has 0 amide bonds. The number of rotatable bonds is 11. The van der Waals surface area contributed by atoms with E-state index in [-0.39, 0.29) is 18.1 Å². The standard InChI is InChI=1S/C27H32N4O4/c1-18-26-27(33)29-24(17-19-12-13-22(34-2)23(16-19)35-3)30-31(26)25(28-18)11-7-10-21(14-15-32)20-8-5-4-6-9-20/h4-6,8-9,12-13,16,21,32H,7,10-11,14-15,17H2,1-3H3,(H,29,30,33). The number of hydrogen-bond acceptors (Lipinski definition) is 6. The monoisotopic (exact) mass is 476 g/mol. The zero-order chi connectivity index (χ0) is 24.8. The van der Waals surface area contributed by atoms with Gasteiger partial charge in [-0.1, -0.05) is 36.4 Å². The highest BCUT2D eigenvalue weighted by atomic mass is 16.5. The molecule has 0 fully saturated rings. The maximum absolute atomic E-state index is 12.9. The van der Waals surface area contributed by atoms with Gasteiger partial charge in [-0.25, -0.2) is 9.50 Å². The number of fused-ring (bicyclic) bond motifs is 1. The molecule has 0 aliphatic carbocycles. The number of nitrogens with one attached hydrogen (secondary N) is 1.